The van der Waals surface area contributed by atoms with E-state index in [0.717, 1.165) is 14.5 Å². The fraction of sp³-hybridized carbons (Fsp3) is 0.0769. The summed E-state index contributed by atoms with van der Waals surface area (Å²) < 4.78 is 1.59. The predicted molar refractivity (Wildman–Crippen MR) is 80.4 cm³/mol. The molecule has 0 aliphatic heterocycles. The molecule has 0 aliphatic rings. The van der Waals surface area contributed by atoms with Crippen molar-refractivity contribution >= 4 is 43.6 Å². The third-order valence-electron chi connectivity index (χ3n) is 2.49. The number of benzene rings is 1. The van der Waals surface area contributed by atoms with Crippen LogP contribution in [0.1, 0.15) is 15.9 Å². The van der Waals surface area contributed by atoms with Crippen LogP contribution in [0.3, 0.4) is 0 Å². The Morgan fingerprint density at radius 3 is 2.74 bits per heavy atom. The zero-order valence-corrected chi connectivity index (χ0v) is 13.1. The van der Waals surface area contributed by atoms with Gasteiger partial charge in [-0.2, -0.15) is 0 Å². The van der Waals surface area contributed by atoms with Crippen LogP contribution in [0.25, 0.3) is 0 Å². The number of nitrogens with one attached hydrogen (secondary N) is 1. The minimum absolute atomic E-state index is 0.0745. The largest absolute Gasteiger partial charge is 0.507 e. The predicted octanol–water partition coefficient (Wildman–Crippen LogP) is 3.87. The molecule has 0 saturated carbocycles. The molecule has 98 valence electrons. The summed E-state index contributed by atoms with van der Waals surface area (Å²) in [6, 6.07) is 6.42. The molecule has 0 bridgehead atoms. The summed E-state index contributed by atoms with van der Waals surface area (Å²) in [6.45, 7) is 1.90. The SMILES string of the molecule is Cc1cc(NC(=O)c2cc(Br)ccc2O)ncc1Br. The number of aromatic hydroxyl groups is 1. The van der Waals surface area contributed by atoms with E-state index in [4.69, 9.17) is 0 Å². The molecular formula is C13H10Br2N2O2. The van der Waals surface area contributed by atoms with Crippen molar-refractivity contribution in [2.24, 2.45) is 0 Å². The molecule has 0 atom stereocenters. The van der Waals surface area contributed by atoms with Gasteiger partial charge in [0, 0.05) is 15.1 Å². The van der Waals surface area contributed by atoms with Crippen LogP contribution < -0.4 is 5.32 Å². The molecule has 0 spiro atoms. The van der Waals surface area contributed by atoms with E-state index in [2.05, 4.69) is 42.2 Å². The topological polar surface area (TPSA) is 62.2 Å². The Bertz CT molecular complexity index is 645. The van der Waals surface area contributed by atoms with Crippen LogP contribution in [0.5, 0.6) is 5.75 Å². The van der Waals surface area contributed by atoms with E-state index in [-0.39, 0.29) is 11.3 Å². The molecule has 1 amide bonds. The number of halogens is 2. The number of amides is 1. The minimum Gasteiger partial charge on any atom is -0.507 e. The van der Waals surface area contributed by atoms with Gasteiger partial charge >= 0.3 is 0 Å². The van der Waals surface area contributed by atoms with E-state index < -0.39 is 5.91 Å². The van der Waals surface area contributed by atoms with Gasteiger partial charge < -0.3 is 10.4 Å². The number of carbonyl (C=O) groups is 1. The van der Waals surface area contributed by atoms with Gasteiger partial charge in [0.2, 0.25) is 0 Å². The Kier molecular flexibility index (Phi) is 4.21. The van der Waals surface area contributed by atoms with Gasteiger partial charge in [-0.15, -0.1) is 0 Å². The summed E-state index contributed by atoms with van der Waals surface area (Å²) in [5.41, 5.74) is 1.15. The first-order valence-electron chi connectivity index (χ1n) is 5.39. The third-order valence-corrected chi connectivity index (χ3v) is 3.82. The summed E-state index contributed by atoms with van der Waals surface area (Å²) in [5.74, 6) is -0.0485. The molecule has 1 aromatic carbocycles. The van der Waals surface area contributed by atoms with Gasteiger partial charge in [0.15, 0.2) is 0 Å². The van der Waals surface area contributed by atoms with E-state index in [9.17, 15) is 9.90 Å². The Morgan fingerprint density at radius 2 is 2.05 bits per heavy atom. The van der Waals surface area contributed by atoms with Crippen molar-refractivity contribution in [2.75, 3.05) is 5.32 Å². The van der Waals surface area contributed by atoms with Crippen LogP contribution in [0.15, 0.2) is 39.4 Å². The summed E-state index contributed by atoms with van der Waals surface area (Å²) in [6.07, 6.45) is 1.62. The quantitative estimate of drug-likeness (QED) is 0.824. The molecule has 1 aromatic heterocycles. The Morgan fingerprint density at radius 1 is 1.32 bits per heavy atom. The summed E-state index contributed by atoms with van der Waals surface area (Å²) in [4.78, 5) is 16.1. The van der Waals surface area contributed by atoms with Crippen LogP contribution >= 0.6 is 31.9 Å². The highest BCUT2D eigenvalue weighted by molar-refractivity contribution is 9.10. The second-order valence-electron chi connectivity index (χ2n) is 3.93. The average Bonchev–Trinajstić information content (AvgIpc) is 2.36. The standard InChI is InChI=1S/C13H10Br2N2O2/c1-7-4-12(16-6-10(7)15)17-13(19)9-5-8(14)2-3-11(9)18/h2-6,18H,1H3,(H,16,17,19). The van der Waals surface area contributed by atoms with Crippen molar-refractivity contribution in [1.82, 2.24) is 4.98 Å². The van der Waals surface area contributed by atoms with E-state index in [0.29, 0.717) is 5.82 Å². The van der Waals surface area contributed by atoms with Gasteiger partial charge in [-0.1, -0.05) is 15.9 Å². The molecule has 6 heteroatoms. The molecule has 2 N–H and O–H groups in total. The van der Waals surface area contributed by atoms with Crippen molar-refractivity contribution in [2.45, 2.75) is 6.92 Å². The van der Waals surface area contributed by atoms with Crippen molar-refractivity contribution < 1.29 is 9.90 Å². The average molecular weight is 386 g/mol. The number of anilines is 1. The lowest BCUT2D eigenvalue weighted by Gasteiger charge is -2.07. The zero-order chi connectivity index (χ0) is 14.0. The number of hydrogen-bond donors (Lipinski definition) is 2. The van der Waals surface area contributed by atoms with E-state index in [1.165, 1.54) is 6.07 Å². The van der Waals surface area contributed by atoms with Gasteiger partial charge in [0.1, 0.15) is 11.6 Å². The van der Waals surface area contributed by atoms with Gasteiger partial charge in [-0.3, -0.25) is 4.79 Å². The normalized spacial score (nSPS) is 10.3. The van der Waals surface area contributed by atoms with Crippen LogP contribution in [-0.2, 0) is 0 Å². The lowest BCUT2D eigenvalue weighted by molar-refractivity contribution is 0.102. The number of aryl methyl sites for hydroxylation is 1. The first-order chi connectivity index (χ1) is 8.97. The summed E-state index contributed by atoms with van der Waals surface area (Å²) in [5, 5.41) is 12.3. The molecule has 2 aromatic rings. The maximum atomic E-state index is 12.0. The zero-order valence-electron chi connectivity index (χ0n) is 9.95. The maximum Gasteiger partial charge on any atom is 0.260 e. The fourth-order valence-corrected chi connectivity index (χ4v) is 2.06. The highest BCUT2D eigenvalue weighted by atomic mass is 79.9. The van der Waals surface area contributed by atoms with Crippen molar-refractivity contribution in [3.63, 3.8) is 0 Å². The third kappa shape index (κ3) is 3.33. The number of carbonyl (C=O) groups excluding carboxylic acids is 1. The molecule has 0 unspecified atom stereocenters. The molecule has 0 saturated heterocycles. The van der Waals surface area contributed by atoms with E-state index >= 15 is 0 Å². The molecule has 2 rings (SSSR count). The molecular weight excluding hydrogens is 376 g/mol. The molecule has 0 radical (unpaired) electrons. The number of aromatic nitrogens is 1. The second-order valence-corrected chi connectivity index (χ2v) is 5.70. The molecule has 19 heavy (non-hydrogen) atoms. The van der Waals surface area contributed by atoms with Gasteiger partial charge in [0.05, 0.1) is 5.56 Å². The first kappa shape index (κ1) is 14.0. The number of pyridine rings is 1. The second kappa shape index (κ2) is 5.71. The van der Waals surface area contributed by atoms with Crippen molar-refractivity contribution in [3.05, 3.63) is 50.5 Å². The number of phenols is 1. The number of nitrogens with zero attached hydrogens (tertiary/aromatic N) is 1. The summed E-state index contributed by atoms with van der Waals surface area (Å²) in [7, 11) is 0. The Hall–Kier alpha value is -1.40. The number of phenolic OH excluding ortho intramolecular Hbond substituents is 1. The number of hydrogen-bond acceptors (Lipinski definition) is 3. The Balaban J connectivity index is 2.25. The lowest BCUT2D eigenvalue weighted by Crippen LogP contribution is -2.13. The maximum absolute atomic E-state index is 12.0. The van der Waals surface area contributed by atoms with Crippen LogP contribution in [-0.4, -0.2) is 16.0 Å². The van der Waals surface area contributed by atoms with Gasteiger partial charge in [0.25, 0.3) is 5.91 Å². The molecule has 0 aliphatic carbocycles. The highest BCUT2D eigenvalue weighted by Crippen LogP contribution is 2.23. The van der Waals surface area contributed by atoms with E-state index in [1.807, 2.05) is 6.92 Å². The minimum atomic E-state index is -0.409. The highest BCUT2D eigenvalue weighted by Gasteiger charge is 2.12. The first-order valence-corrected chi connectivity index (χ1v) is 6.98. The summed E-state index contributed by atoms with van der Waals surface area (Å²) >= 11 is 6.60. The fourth-order valence-electron chi connectivity index (χ4n) is 1.48. The lowest BCUT2D eigenvalue weighted by atomic mass is 10.2. The van der Waals surface area contributed by atoms with Gasteiger partial charge in [-0.25, -0.2) is 4.98 Å². The van der Waals surface area contributed by atoms with Crippen molar-refractivity contribution in [3.8, 4) is 5.75 Å². The van der Waals surface area contributed by atoms with Gasteiger partial charge in [-0.05, 0) is 52.7 Å². The molecule has 4 nitrogen and oxygen atoms in total. The Labute approximate surface area is 127 Å². The van der Waals surface area contributed by atoms with Crippen molar-refractivity contribution in [1.29, 1.82) is 0 Å². The van der Waals surface area contributed by atoms with Crippen LogP contribution in [0.2, 0.25) is 0 Å². The molecule has 1 heterocycles. The van der Waals surface area contributed by atoms with Crippen LogP contribution in [0.4, 0.5) is 5.82 Å². The smallest absolute Gasteiger partial charge is 0.260 e. The van der Waals surface area contributed by atoms with E-state index in [1.54, 1.807) is 24.4 Å². The monoisotopic (exact) mass is 384 g/mol. The molecule has 0 fully saturated rings. The number of rotatable bonds is 2. The van der Waals surface area contributed by atoms with Crippen LogP contribution in [0, 0.1) is 6.92 Å².